The van der Waals surface area contributed by atoms with E-state index < -0.39 is 17.5 Å². The molecule has 0 aliphatic carbocycles. The second-order valence-corrected chi connectivity index (χ2v) is 8.64. The van der Waals surface area contributed by atoms with Crippen LogP contribution in [0, 0.1) is 10.8 Å². The van der Waals surface area contributed by atoms with E-state index in [1.807, 2.05) is 44.2 Å². The zero-order chi connectivity index (χ0) is 19.9. The van der Waals surface area contributed by atoms with E-state index in [1.165, 1.54) is 4.90 Å². The van der Waals surface area contributed by atoms with Gasteiger partial charge in [0.05, 0.1) is 0 Å². The number of carbonyl (C=O) groups excluding carboxylic acids is 1. The van der Waals surface area contributed by atoms with Gasteiger partial charge >= 0.3 is 6.18 Å². The SMILES string of the molecule is CC1(C)CN(C(=O)C2(C(F)(F)F)CCN(Cc3ccccc3)C2)CCC1N.Cl. The van der Waals surface area contributed by atoms with Crippen molar-refractivity contribution >= 4 is 18.3 Å². The summed E-state index contributed by atoms with van der Waals surface area (Å²) < 4.78 is 42.3. The third-order valence-electron chi connectivity index (χ3n) is 6.15. The number of nitrogens with two attached hydrogens (primary N) is 1. The predicted molar refractivity (Wildman–Crippen MR) is 105 cm³/mol. The molecule has 1 amide bonds. The molecular weight excluding hydrogens is 391 g/mol. The Morgan fingerprint density at radius 2 is 1.82 bits per heavy atom. The van der Waals surface area contributed by atoms with E-state index in [-0.39, 0.29) is 49.9 Å². The third-order valence-corrected chi connectivity index (χ3v) is 6.15. The molecule has 2 atom stereocenters. The number of benzene rings is 1. The highest BCUT2D eigenvalue weighted by Crippen LogP contribution is 2.48. The van der Waals surface area contributed by atoms with Crippen LogP contribution in [-0.2, 0) is 11.3 Å². The van der Waals surface area contributed by atoms with Crippen molar-refractivity contribution in [1.29, 1.82) is 0 Å². The minimum absolute atomic E-state index is 0. The normalized spacial score (nSPS) is 28.1. The van der Waals surface area contributed by atoms with Crippen LogP contribution < -0.4 is 5.73 Å². The van der Waals surface area contributed by atoms with E-state index in [0.29, 0.717) is 19.5 Å². The predicted octanol–water partition coefficient (Wildman–Crippen LogP) is 3.45. The van der Waals surface area contributed by atoms with Gasteiger partial charge in [-0.05, 0) is 30.4 Å². The molecule has 0 saturated carbocycles. The number of hydrogen-bond donors (Lipinski definition) is 1. The number of carbonyl (C=O) groups is 1. The summed E-state index contributed by atoms with van der Waals surface area (Å²) in [4.78, 5) is 16.2. The van der Waals surface area contributed by atoms with Crippen LogP contribution in [0.5, 0.6) is 0 Å². The number of alkyl halides is 3. The van der Waals surface area contributed by atoms with E-state index in [0.717, 1.165) is 5.56 Å². The van der Waals surface area contributed by atoms with Crippen LogP contribution in [0.15, 0.2) is 30.3 Å². The van der Waals surface area contributed by atoms with Gasteiger partial charge in [-0.2, -0.15) is 13.2 Å². The van der Waals surface area contributed by atoms with Crippen LogP contribution in [0.2, 0.25) is 0 Å². The largest absolute Gasteiger partial charge is 0.404 e. The van der Waals surface area contributed by atoms with Gasteiger partial charge in [0.25, 0.3) is 0 Å². The van der Waals surface area contributed by atoms with E-state index in [4.69, 9.17) is 5.73 Å². The molecular formula is C20H29ClF3N3O. The summed E-state index contributed by atoms with van der Waals surface area (Å²) >= 11 is 0. The maximum atomic E-state index is 14.1. The number of rotatable bonds is 3. The van der Waals surface area contributed by atoms with Gasteiger partial charge < -0.3 is 10.6 Å². The second-order valence-electron chi connectivity index (χ2n) is 8.64. The summed E-state index contributed by atoms with van der Waals surface area (Å²) in [6.45, 7) is 4.78. The number of likely N-dealkylation sites (tertiary alicyclic amines) is 2. The molecule has 2 fully saturated rings. The van der Waals surface area contributed by atoms with Gasteiger partial charge in [-0.25, -0.2) is 0 Å². The van der Waals surface area contributed by atoms with Gasteiger partial charge in [0.2, 0.25) is 5.91 Å². The lowest BCUT2D eigenvalue weighted by atomic mass is 9.77. The van der Waals surface area contributed by atoms with Crippen LogP contribution >= 0.6 is 12.4 Å². The Morgan fingerprint density at radius 1 is 1.18 bits per heavy atom. The minimum atomic E-state index is -4.57. The Morgan fingerprint density at radius 3 is 2.39 bits per heavy atom. The highest BCUT2D eigenvalue weighted by molar-refractivity contribution is 5.85. The third kappa shape index (κ3) is 4.31. The number of piperidine rings is 1. The molecule has 1 aromatic carbocycles. The quantitative estimate of drug-likeness (QED) is 0.816. The molecule has 2 aliphatic rings. The molecule has 28 heavy (non-hydrogen) atoms. The molecule has 4 nitrogen and oxygen atoms in total. The van der Waals surface area contributed by atoms with Gasteiger partial charge in [0, 0.05) is 32.2 Å². The second kappa shape index (κ2) is 8.20. The molecule has 158 valence electrons. The summed E-state index contributed by atoms with van der Waals surface area (Å²) in [5.74, 6) is -0.787. The first kappa shape index (κ1) is 23.0. The van der Waals surface area contributed by atoms with E-state index in [1.54, 1.807) is 4.90 Å². The molecule has 0 spiro atoms. The van der Waals surface area contributed by atoms with Crippen molar-refractivity contribution in [2.75, 3.05) is 26.2 Å². The molecule has 8 heteroatoms. The number of nitrogens with zero attached hydrogens (tertiary/aromatic N) is 2. The fourth-order valence-corrected chi connectivity index (χ4v) is 4.24. The molecule has 2 aliphatic heterocycles. The topological polar surface area (TPSA) is 49.6 Å². The van der Waals surface area contributed by atoms with E-state index in [9.17, 15) is 18.0 Å². The number of amides is 1. The molecule has 0 bridgehead atoms. The van der Waals surface area contributed by atoms with Crippen molar-refractivity contribution in [1.82, 2.24) is 9.80 Å². The monoisotopic (exact) mass is 419 g/mol. The standard InChI is InChI=1S/C20H28F3N3O.ClH/c1-18(2)13-26(10-8-16(18)24)17(27)19(20(21,22)23)9-11-25(14-19)12-15-6-4-3-5-7-15;/h3-7,16H,8-14,24H2,1-2H3;1H. The minimum Gasteiger partial charge on any atom is -0.341 e. The van der Waals surface area contributed by atoms with Crippen molar-refractivity contribution in [3.05, 3.63) is 35.9 Å². The van der Waals surface area contributed by atoms with Crippen LogP contribution in [0.3, 0.4) is 0 Å². The Bertz CT molecular complexity index is 683. The van der Waals surface area contributed by atoms with Gasteiger partial charge in [-0.3, -0.25) is 9.69 Å². The fourth-order valence-electron chi connectivity index (χ4n) is 4.24. The smallest absolute Gasteiger partial charge is 0.341 e. The van der Waals surface area contributed by atoms with Crippen molar-refractivity contribution in [2.24, 2.45) is 16.6 Å². The van der Waals surface area contributed by atoms with Crippen LogP contribution in [0.4, 0.5) is 13.2 Å². The van der Waals surface area contributed by atoms with Crippen LogP contribution in [-0.4, -0.2) is 54.1 Å². The van der Waals surface area contributed by atoms with Crippen LogP contribution in [0.25, 0.3) is 0 Å². The van der Waals surface area contributed by atoms with Crippen molar-refractivity contribution in [3.8, 4) is 0 Å². The summed E-state index contributed by atoms with van der Waals surface area (Å²) in [5.41, 5.74) is 4.33. The maximum absolute atomic E-state index is 14.1. The molecule has 0 aromatic heterocycles. The van der Waals surface area contributed by atoms with Crippen molar-refractivity contribution in [2.45, 2.75) is 45.5 Å². The first-order valence-corrected chi connectivity index (χ1v) is 9.43. The lowest BCUT2D eigenvalue weighted by Gasteiger charge is -2.45. The highest BCUT2D eigenvalue weighted by atomic mass is 35.5. The Labute approximate surface area is 170 Å². The summed E-state index contributed by atoms with van der Waals surface area (Å²) in [6, 6.07) is 9.29. The average molecular weight is 420 g/mol. The molecule has 1 aromatic rings. The van der Waals surface area contributed by atoms with E-state index in [2.05, 4.69) is 0 Å². The van der Waals surface area contributed by atoms with Gasteiger partial charge in [-0.1, -0.05) is 44.2 Å². The zero-order valence-corrected chi connectivity index (χ0v) is 17.2. The van der Waals surface area contributed by atoms with Gasteiger partial charge in [0.15, 0.2) is 5.41 Å². The average Bonchev–Trinajstić information content (AvgIpc) is 3.02. The summed E-state index contributed by atoms with van der Waals surface area (Å²) in [5, 5.41) is 0. The Kier molecular flexibility index (Phi) is 6.73. The van der Waals surface area contributed by atoms with Gasteiger partial charge in [0.1, 0.15) is 0 Å². The highest BCUT2D eigenvalue weighted by Gasteiger charge is 2.64. The number of halogens is 4. The maximum Gasteiger partial charge on any atom is 0.404 e. The van der Waals surface area contributed by atoms with Crippen molar-refractivity contribution < 1.29 is 18.0 Å². The molecule has 3 rings (SSSR count). The first-order valence-electron chi connectivity index (χ1n) is 9.43. The Hall–Kier alpha value is -1.31. The first-order chi connectivity index (χ1) is 12.6. The van der Waals surface area contributed by atoms with Crippen molar-refractivity contribution in [3.63, 3.8) is 0 Å². The summed E-state index contributed by atoms with van der Waals surface area (Å²) in [6.07, 6.45) is -4.23. The molecule has 2 saturated heterocycles. The molecule has 0 radical (unpaired) electrons. The molecule has 2 N–H and O–H groups in total. The summed E-state index contributed by atoms with van der Waals surface area (Å²) in [7, 11) is 0. The molecule has 2 heterocycles. The number of hydrogen-bond acceptors (Lipinski definition) is 3. The lowest BCUT2D eigenvalue weighted by molar-refractivity contribution is -0.225. The lowest BCUT2D eigenvalue weighted by Crippen LogP contribution is -2.60. The fraction of sp³-hybridized carbons (Fsp3) is 0.650. The van der Waals surface area contributed by atoms with Gasteiger partial charge in [-0.15, -0.1) is 12.4 Å². The zero-order valence-electron chi connectivity index (χ0n) is 16.3. The van der Waals surface area contributed by atoms with Crippen LogP contribution in [0.1, 0.15) is 32.3 Å². The van der Waals surface area contributed by atoms with E-state index >= 15 is 0 Å². The molecule has 2 unspecified atom stereocenters. The Balaban J connectivity index is 0.00000280.